The first-order valence-corrected chi connectivity index (χ1v) is 3.15. The van der Waals surface area contributed by atoms with Crippen molar-refractivity contribution in [3.63, 3.8) is 0 Å². The van der Waals surface area contributed by atoms with E-state index in [1.54, 1.807) is 0 Å². The molecule has 8 heavy (non-hydrogen) atoms. The number of nitrogens with zero attached hydrogens (tertiary/aromatic N) is 1. The quantitative estimate of drug-likeness (QED) is 0.453. The zero-order valence-electron chi connectivity index (χ0n) is 5.86. The zero-order valence-corrected chi connectivity index (χ0v) is 5.86. The molecule has 0 spiro atoms. The van der Waals surface area contributed by atoms with E-state index in [-0.39, 0.29) is 5.54 Å². The molecule has 0 atom stereocenters. The summed E-state index contributed by atoms with van der Waals surface area (Å²) >= 11 is 0. The molecule has 1 aliphatic heterocycles. The van der Waals surface area contributed by atoms with E-state index in [0.29, 0.717) is 0 Å². The maximum Gasteiger partial charge on any atom is 0.0555 e. The summed E-state index contributed by atoms with van der Waals surface area (Å²) in [5.41, 5.74) is 1.57. The molecule has 0 amide bonds. The van der Waals surface area contributed by atoms with Crippen LogP contribution < -0.4 is 0 Å². The highest BCUT2D eigenvalue weighted by molar-refractivity contribution is 5.84. The average Bonchev–Trinajstić information content (AvgIpc) is 1.82. The van der Waals surface area contributed by atoms with E-state index in [4.69, 9.17) is 0 Å². The summed E-state index contributed by atoms with van der Waals surface area (Å²) < 4.78 is 0. The van der Waals surface area contributed by atoms with Gasteiger partial charge in [0.15, 0.2) is 0 Å². The third-order valence-electron chi connectivity index (χ3n) is 1.59. The van der Waals surface area contributed by atoms with Gasteiger partial charge in [-0.2, -0.15) is 0 Å². The molecule has 1 nitrogen and oxygen atoms in total. The fourth-order valence-electron chi connectivity index (χ4n) is 1.12. The van der Waals surface area contributed by atoms with Crippen molar-refractivity contribution in [2.45, 2.75) is 39.2 Å². The Kier molecular flexibility index (Phi) is 1.14. The molecule has 0 radical (unpaired) electrons. The van der Waals surface area contributed by atoms with Crippen molar-refractivity contribution in [1.82, 2.24) is 0 Å². The summed E-state index contributed by atoms with van der Waals surface area (Å²) in [6.45, 7) is 6.47. The molecule has 1 heterocycles. The van der Waals surface area contributed by atoms with Gasteiger partial charge in [-0.3, -0.25) is 4.99 Å². The molecule has 0 aliphatic carbocycles. The van der Waals surface area contributed by atoms with E-state index in [1.165, 1.54) is 18.6 Å². The van der Waals surface area contributed by atoms with Gasteiger partial charge in [0, 0.05) is 5.71 Å². The second-order valence-electron chi connectivity index (χ2n) is 3.16. The summed E-state index contributed by atoms with van der Waals surface area (Å²) in [4.78, 5) is 4.44. The first-order chi connectivity index (χ1) is 3.60. The number of hydrogen-bond donors (Lipinski definition) is 0. The molecule has 0 saturated carbocycles. The molecule has 0 aromatic heterocycles. The maximum absolute atomic E-state index is 4.44. The lowest BCUT2D eigenvalue weighted by Crippen LogP contribution is -2.10. The minimum atomic E-state index is 0.254. The predicted molar refractivity (Wildman–Crippen MR) is 36.4 cm³/mol. The van der Waals surface area contributed by atoms with Crippen LogP contribution in [0, 0.1) is 0 Å². The van der Waals surface area contributed by atoms with E-state index in [1.807, 2.05) is 0 Å². The second-order valence-corrected chi connectivity index (χ2v) is 3.16. The van der Waals surface area contributed by atoms with Gasteiger partial charge in [-0.25, -0.2) is 0 Å². The lowest BCUT2D eigenvalue weighted by atomic mass is 10.0. The minimum Gasteiger partial charge on any atom is -0.288 e. The van der Waals surface area contributed by atoms with Crippen molar-refractivity contribution >= 4 is 5.71 Å². The van der Waals surface area contributed by atoms with E-state index in [2.05, 4.69) is 25.8 Å². The predicted octanol–water partition coefficient (Wildman–Crippen LogP) is 2.02. The first kappa shape index (κ1) is 5.80. The van der Waals surface area contributed by atoms with Crippen molar-refractivity contribution in [3.8, 4) is 0 Å². The molecule has 0 saturated heterocycles. The van der Waals surface area contributed by atoms with Gasteiger partial charge in [-0.15, -0.1) is 0 Å². The van der Waals surface area contributed by atoms with Gasteiger partial charge in [0.25, 0.3) is 0 Å². The first-order valence-electron chi connectivity index (χ1n) is 3.15. The van der Waals surface area contributed by atoms with Crippen LogP contribution in [0.4, 0.5) is 0 Å². The van der Waals surface area contributed by atoms with Crippen LogP contribution in [-0.4, -0.2) is 11.3 Å². The van der Waals surface area contributed by atoms with Crippen LogP contribution in [-0.2, 0) is 0 Å². The molecule has 0 unspecified atom stereocenters. The van der Waals surface area contributed by atoms with Gasteiger partial charge in [0.1, 0.15) is 0 Å². The highest BCUT2D eigenvalue weighted by Crippen LogP contribution is 2.23. The summed E-state index contributed by atoms with van der Waals surface area (Å²) in [5.74, 6) is 0. The van der Waals surface area contributed by atoms with E-state index in [9.17, 15) is 0 Å². The average molecular weight is 111 g/mol. The van der Waals surface area contributed by atoms with Crippen LogP contribution in [0.5, 0.6) is 0 Å². The molecular weight excluding hydrogens is 98.1 g/mol. The molecule has 0 N–H and O–H groups in total. The van der Waals surface area contributed by atoms with Crippen molar-refractivity contribution in [2.75, 3.05) is 0 Å². The van der Waals surface area contributed by atoms with Crippen LogP contribution in [0.15, 0.2) is 4.99 Å². The van der Waals surface area contributed by atoms with Gasteiger partial charge in [0.05, 0.1) is 5.54 Å². The monoisotopic (exact) mass is 111 g/mol. The maximum atomic E-state index is 4.44. The van der Waals surface area contributed by atoms with Gasteiger partial charge in [0.2, 0.25) is 0 Å². The smallest absolute Gasteiger partial charge is 0.0555 e. The Balaban J connectivity index is 2.67. The standard InChI is InChI=1S/C7H13N/c1-6-4-5-7(2,3)8-6/h4-5H2,1-3H3. The third kappa shape index (κ3) is 1.09. The largest absolute Gasteiger partial charge is 0.288 e. The van der Waals surface area contributed by atoms with Gasteiger partial charge < -0.3 is 0 Å². The van der Waals surface area contributed by atoms with Crippen molar-refractivity contribution in [2.24, 2.45) is 4.99 Å². The van der Waals surface area contributed by atoms with E-state index < -0.39 is 0 Å². The Morgan fingerprint density at radius 1 is 1.50 bits per heavy atom. The van der Waals surface area contributed by atoms with Crippen LogP contribution in [0.2, 0.25) is 0 Å². The topological polar surface area (TPSA) is 12.4 Å². The fourth-order valence-corrected chi connectivity index (χ4v) is 1.12. The van der Waals surface area contributed by atoms with Gasteiger partial charge in [-0.1, -0.05) is 0 Å². The van der Waals surface area contributed by atoms with Gasteiger partial charge >= 0.3 is 0 Å². The Hall–Kier alpha value is -0.330. The molecule has 1 heteroatoms. The Labute approximate surface area is 50.8 Å². The SMILES string of the molecule is CC1=NC(C)(C)CC1. The molecule has 0 bridgehead atoms. The zero-order chi connectivity index (χ0) is 6.20. The summed E-state index contributed by atoms with van der Waals surface area (Å²) in [6.07, 6.45) is 2.44. The Morgan fingerprint density at radius 3 is 2.25 bits per heavy atom. The molecule has 0 aromatic carbocycles. The lowest BCUT2D eigenvalue weighted by Gasteiger charge is -2.10. The molecule has 1 rings (SSSR count). The Morgan fingerprint density at radius 2 is 2.12 bits per heavy atom. The van der Waals surface area contributed by atoms with Crippen LogP contribution in [0.1, 0.15) is 33.6 Å². The van der Waals surface area contributed by atoms with Crippen LogP contribution >= 0.6 is 0 Å². The summed E-state index contributed by atoms with van der Waals surface area (Å²) in [6, 6.07) is 0. The van der Waals surface area contributed by atoms with Crippen LogP contribution in [0.25, 0.3) is 0 Å². The number of aliphatic imine (C=N–C) groups is 1. The van der Waals surface area contributed by atoms with Crippen molar-refractivity contribution < 1.29 is 0 Å². The number of rotatable bonds is 0. The summed E-state index contributed by atoms with van der Waals surface area (Å²) in [5, 5.41) is 0. The molecule has 46 valence electrons. The van der Waals surface area contributed by atoms with Gasteiger partial charge in [-0.05, 0) is 33.6 Å². The highest BCUT2D eigenvalue weighted by atomic mass is 14.9. The molecular formula is C7H13N. The van der Waals surface area contributed by atoms with Crippen molar-refractivity contribution in [3.05, 3.63) is 0 Å². The summed E-state index contributed by atoms with van der Waals surface area (Å²) in [7, 11) is 0. The molecule has 1 aliphatic rings. The number of hydrogen-bond acceptors (Lipinski definition) is 1. The second kappa shape index (κ2) is 1.57. The van der Waals surface area contributed by atoms with E-state index >= 15 is 0 Å². The van der Waals surface area contributed by atoms with E-state index in [0.717, 1.165) is 0 Å². The Bertz CT molecular complexity index is 122. The minimum absolute atomic E-state index is 0.254. The van der Waals surface area contributed by atoms with Crippen molar-refractivity contribution in [1.29, 1.82) is 0 Å². The third-order valence-corrected chi connectivity index (χ3v) is 1.59. The normalized spacial score (nSPS) is 25.6. The molecule has 0 fully saturated rings. The van der Waals surface area contributed by atoms with Crippen LogP contribution in [0.3, 0.4) is 0 Å². The highest BCUT2D eigenvalue weighted by Gasteiger charge is 2.21. The lowest BCUT2D eigenvalue weighted by molar-refractivity contribution is 0.522. The molecule has 0 aromatic rings. The fraction of sp³-hybridized carbons (Fsp3) is 0.857.